The Morgan fingerprint density at radius 1 is 1.58 bits per heavy atom. The summed E-state index contributed by atoms with van der Waals surface area (Å²) < 4.78 is 13.5. The van der Waals surface area contributed by atoms with Gasteiger partial charge in [-0.25, -0.2) is 9.37 Å². The Labute approximate surface area is 117 Å². The lowest BCUT2D eigenvalue weighted by molar-refractivity contribution is -0.115. The molecule has 19 heavy (non-hydrogen) atoms. The number of hydrogen-bond acceptors (Lipinski definition) is 4. The van der Waals surface area contributed by atoms with Gasteiger partial charge in [-0.1, -0.05) is 29.0 Å². The van der Waals surface area contributed by atoms with Crippen molar-refractivity contribution < 1.29 is 9.18 Å². The van der Waals surface area contributed by atoms with Crippen LogP contribution in [0.25, 0.3) is 0 Å². The number of nitrogens with zero attached hydrogens (tertiary/aromatic N) is 2. The quantitative estimate of drug-likeness (QED) is 0.946. The molecule has 1 N–H and O–H groups in total. The van der Waals surface area contributed by atoms with Gasteiger partial charge in [-0.15, -0.1) is 0 Å². The number of aromatic nitrogens is 1. The van der Waals surface area contributed by atoms with Crippen molar-refractivity contribution in [1.82, 2.24) is 4.98 Å². The third-order valence-electron chi connectivity index (χ3n) is 2.26. The minimum Gasteiger partial charge on any atom is -0.302 e. The van der Waals surface area contributed by atoms with Crippen LogP contribution in [-0.2, 0) is 11.2 Å². The number of carbonyl (C=O) groups excluding carboxylic acids is 1. The summed E-state index contributed by atoms with van der Waals surface area (Å²) in [5, 5.41) is 11.6. The summed E-state index contributed by atoms with van der Waals surface area (Å²) in [5.41, 5.74) is 0.138. The molecule has 2 aromatic rings. The molecule has 0 saturated carbocycles. The van der Waals surface area contributed by atoms with E-state index in [9.17, 15) is 9.18 Å². The number of hydrogen-bond donors (Lipinski definition) is 1. The van der Waals surface area contributed by atoms with Gasteiger partial charge < -0.3 is 5.32 Å². The average Bonchev–Trinajstić information content (AvgIpc) is 2.81. The zero-order valence-electron chi connectivity index (χ0n) is 9.48. The predicted octanol–water partition coefficient (Wildman–Crippen LogP) is 2.99. The van der Waals surface area contributed by atoms with Crippen molar-refractivity contribution in [3.63, 3.8) is 0 Å². The monoisotopic (exact) mass is 295 g/mol. The molecule has 2 rings (SSSR count). The number of thiazole rings is 1. The van der Waals surface area contributed by atoms with Gasteiger partial charge in [0.1, 0.15) is 16.8 Å². The van der Waals surface area contributed by atoms with Crippen LogP contribution in [-0.4, -0.2) is 10.9 Å². The number of anilines is 1. The van der Waals surface area contributed by atoms with Crippen molar-refractivity contribution in [3.8, 4) is 6.07 Å². The van der Waals surface area contributed by atoms with Crippen LogP contribution in [0.3, 0.4) is 0 Å². The summed E-state index contributed by atoms with van der Waals surface area (Å²) in [6.45, 7) is 0. The van der Waals surface area contributed by atoms with Crippen molar-refractivity contribution in [2.75, 3.05) is 5.32 Å². The van der Waals surface area contributed by atoms with Gasteiger partial charge in [-0.2, -0.15) is 5.26 Å². The molecule has 0 unspecified atom stereocenters. The normalized spacial score (nSPS) is 9.95. The minimum atomic E-state index is -0.528. The van der Waals surface area contributed by atoms with Gasteiger partial charge in [0, 0.05) is 10.6 Å². The number of nitriles is 1. The highest BCUT2D eigenvalue weighted by Gasteiger charge is 2.13. The van der Waals surface area contributed by atoms with Crippen molar-refractivity contribution in [3.05, 3.63) is 45.7 Å². The Bertz CT molecular complexity index is 645. The minimum absolute atomic E-state index is 0.138. The SMILES string of the molecule is N#Cc1cnc(NC(=O)Cc2c(F)cccc2Cl)s1. The van der Waals surface area contributed by atoms with Gasteiger partial charge in [-0.3, -0.25) is 4.79 Å². The fourth-order valence-electron chi connectivity index (χ4n) is 1.41. The van der Waals surface area contributed by atoms with Crippen LogP contribution >= 0.6 is 22.9 Å². The number of benzene rings is 1. The molecule has 1 aromatic carbocycles. The molecule has 1 amide bonds. The summed E-state index contributed by atoms with van der Waals surface area (Å²) in [7, 11) is 0. The lowest BCUT2D eigenvalue weighted by Crippen LogP contribution is -2.15. The van der Waals surface area contributed by atoms with Gasteiger partial charge in [0.25, 0.3) is 0 Å². The highest BCUT2D eigenvalue weighted by molar-refractivity contribution is 7.16. The molecule has 0 aliphatic heterocycles. The topological polar surface area (TPSA) is 65.8 Å². The Morgan fingerprint density at radius 3 is 3.00 bits per heavy atom. The van der Waals surface area contributed by atoms with E-state index in [2.05, 4.69) is 10.3 Å². The molecule has 0 radical (unpaired) electrons. The fraction of sp³-hybridized carbons (Fsp3) is 0.0833. The Balaban J connectivity index is 2.08. The number of halogens is 2. The summed E-state index contributed by atoms with van der Waals surface area (Å²) in [4.78, 5) is 16.0. The summed E-state index contributed by atoms with van der Waals surface area (Å²) in [5.74, 6) is -0.967. The standard InChI is InChI=1S/C12H7ClFN3OS/c13-9-2-1-3-10(14)8(9)4-11(18)17-12-16-6-7(5-15)19-12/h1-3,6H,4H2,(H,16,17,18). The predicted molar refractivity (Wildman–Crippen MR) is 70.6 cm³/mol. The maximum atomic E-state index is 13.5. The second-order valence-corrected chi connectivity index (χ2v) is 5.00. The first kappa shape index (κ1) is 13.5. The van der Waals surface area contributed by atoms with Crippen LogP contribution in [0.2, 0.25) is 5.02 Å². The highest BCUT2D eigenvalue weighted by atomic mass is 35.5. The number of amides is 1. The zero-order chi connectivity index (χ0) is 13.8. The molecule has 0 aliphatic carbocycles. The largest absolute Gasteiger partial charge is 0.302 e. The van der Waals surface area contributed by atoms with E-state index in [0.29, 0.717) is 10.0 Å². The first-order valence-corrected chi connectivity index (χ1v) is 6.38. The van der Waals surface area contributed by atoms with E-state index in [1.54, 1.807) is 0 Å². The van der Waals surface area contributed by atoms with E-state index >= 15 is 0 Å². The van der Waals surface area contributed by atoms with Crippen LogP contribution in [0.5, 0.6) is 0 Å². The van der Waals surface area contributed by atoms with Crippen molar-refractivity contribution in [2.24, 2.45) is 0 Å². The number of carbonyl (C=O) groups is 1. The lowest BCUT2D eigenvalue weighted by Gasteiger charge is -2.05. The van der Waals surface area contributed by atoms with Gasteiger partial charge in [0.2, 0.25) is 5.91 Å². The van der Waals surface area contributed by atoms with E-state index in [1.165, 1.54) is 24.4 Å². The molecule has 7 heteroatoms. The molecular formula is C12H7ClFN3OS. The van der Waals surface area contributed by atoms with Crippen molar-refractivity contribution >= 4 is 34.0 Å². The molecule has 1 aromatic heterocycles. The zero-order valence-corrected chi connectivity index (χ0v) is 11.1. The highest BCUT2D eigenvalue weighted by Crippen LogP contribution is 2.21. The molecule has 0 aliphatic rings. The second kappa shape index (κ2) is 5.78. The second-order valence-electron chi connectivity index (χ2n) is 3.57. The smallest absolute Gasteiger partial charge is 0.230 e. The van der Waals surface area contributed by atoms with Crippen LogP contribution < -0.4 is 5.32 Å². The molecule has 4 nitrogen and oxygen atoms in total. The Hall–Kier alpha value is -1.97. The summed E-state index contributed by atoms with van der Waals surface area (Å²) in [6.07, 6.45) is 1.17. The van der Waals surface area contributed by atoms with E-state index in [-0.39, 0.29) is 17.0 Å². The van der Waals surface area contributed by atoms with Crippen LogP contribution in [0, 0.1) is 17.1 Å². The molecular weight excluding hydrogens is 289 g/mol. The maximum absolute atomic E-state index is 13.5. The molecule has 1 heterocycles. The third-order valence-corrected chi connectivity index (χ3v) is 3.43. The number of rotatable bonds is 3. The maximum Gasteiger partial charge on any atom is 0.230 e. The molecule has 96 valence electrons. The molecule has 0 saturated heterocycles. The van der Waals surface area contributed by atoms with Gasteiger partial charge in [0.15, 0.2) is 5.13 Å². The fourth-order valence-corrected chi connectivity index (χ4v) is 2.27. The Morgan fingerprint density at radius 2 is 2.37 bits per heavy atom. The first-order chi connectivity index (χ1) is 9.10. The molecule has 0 bridgehead atoms. The van der Waals surface area contributed by atoms with Crippen LogP contribution in [0.15, 0.2) is 24.4 Å². The Kier molecular flexibility index (Phi) is 4.10. The van der Waals surface area contributed by atoms with Crippen LogP contribution in [0.4, 0.5) is 9.52 Å². The average molecular weight is 296 g/mol. The van der Waals surface area contributed by atoms with Gasteiger partial charge in [-0.05, 0) is 12.1 Å². The first-order valence-electron chi connectivity index (χ1n) is 5.19. The van der Waals surface area contributed by atoms with E-state index in [1.807, 2.05) is 6.07 Å². The van der Waals surface area contributed by atoms with Gasteiger partial charge >= 0.3 is 0 Å². The third kappa shape index (κ3) is 3.28. The van der Waals surface area contributed by atoms with E-state index < -0.39 is 11.7 Å². The molecule has 0 atom stereocenters. The molecule has 0 fully saturated rings. The van der Waals surface area contributed by atoms with E-state index in [4.69, 9.17) is 16.9 Å². The number of nitrogens with one attached hydrogen (secondary N) is 1. The van der Waals surface area contributed by atoms with E-state index in [0.717, 1.165) is 11.3 Å². The molecule has 0 spiro atoms. The lowest BCUT2D eigenvalue weighted by atomic mass is 10.1. The summed E-state index contributed by atoms with van der Waals surface area (Å²) >= 11 is 6.88. The van der Waals surface area contributed by atoms with Crippen molar-refractivity contribution in [1.29, 1.82) is 5.26 Å². The van der Waals surface area contributed by atoms with Crippen molar-refractivity contribution in [2.45, 2.75) is 6.42 Å². The summed E-state index contributed by atoms with van der Waals surface area (Å²) in [6, 6.07) is 6.14. The van der Waals surface area contributed by atoms with Crippen LogP contribution in [0.1, 0.15) is 10.4 Å². The van der Waals surface area contributed by atoms with Gasteiger partial charge in [0.05, 0.1) is 12.6 Å².